The van der Waals surface area contributed by atoms with Crippen LogP contribution in [-0.4, -0.2) is 71.5 Å². The summed E-state index contributed by atoms with van der Waals surface area (Å²) in [6, 6.07) is 6.14. The summed E-state index contributed by atoms with van der Waals surface area (Å²) >= 11 is 3.01. The number of carbonyl (C=O) groups excluding carboxylic acids is 5. The van der Waals surface area contributed by atoms with Crippen LogP contribution < -0.4 is 27.0 Å². The Kier molecular flexibility index (Phi) is 17.2. The number of hydrogen-bond donors (Lipinski definition) is 5. The Bertz CT molecular complexity index is 995. The number of benzene rings is 1. The molecule has 5 amide bonds. The standard InChI is InChI=1S/C29H47N5O5S2/c1-7-19(4)25(29(39)33-23(26(30)36)17-41-16-21-11-9-8-10-12-21)34-28(38)22(15-18(2)3)32-27(37)20(5)31-24(35)13-14-40-6/h8-12,18-20,22-23,25H,7,13-17H2,1-6H3,(H2,30,36)(H,31,35)(H,32,37)(H,33,39)(H,34,38)/t19-,20-,22-,23-,25-/m0/s1. The van der Waals surface area contributed by atoms with Crippen LogP contribution in [0.3, 0.4) is 0 Å². The number of carbonyl (C=O) groups is 5. The zero-order valence-corrected chi connectivity index (χ0v) is 26.7. The van der Waals surface area contributed by atoms with Crippen LogP contribution in [0, 0.1) is 11.8 Å². The van der Waals surface area contributed by atoms with Crippen molar-refractivity contribution >= 4 is 53.1 Å². The largest absolute Gasteiger partial charge is 0.368 e. The van der Waals surface area contributed by atoms with Gasteiger partial charge in [0.05, 0.1) is 0 Å². The van der Waals surface area contributed by atoms with Gasteiger partial charge < -0.3 is 27.0 Å². The number of amides is 5. The second-order valence-electron chi connectivity index (χ2n) is 10.6. The van der Waals surface area contributed by atoms with Gasteiger partial charge in [0.25, 0.3) is 0 Å². The van der Waals surface area contributed by atoms with E-state index in [1.807, 2.05) is 64.3 Å². The van der Waals surface area contributed by atoms with Gasteiger partial charge in [-0.3, -0.25) is 24.0 Å². The van der Waals surface area contributed by atoms with Crippen LogP contribution in [0.5, 0.6) is 0 Å². The Morgan fingerprint density at radius 2 is 1.49 bits per heavy atom. The van der Waals surface area contributed by atoms with Gasteiger partial charge in [-0.25, -0.2) is 0 Å². The first-order valence-corrected chi connectivity index (χ1v) is 16.5. The van der Waals surface area contributed by atoms with Crippen molar-refractivity contribution in [1.29, 1.82) is 0 Å². The number of thioether (sulfide) groups is 2. The maximum atomic E-state index is 13.4. The molecule has 5 atom stereocenters. The summed E-state index contributed by atoms with van der Waals surface area (Å²) in [5, 5.41) is 10.9. The molecule has 0 aliphatic rings. The molecule has 0 aliphatic carbocycles. The third-order valence-corrected chi connectivity index (χ3v) is 8.21. The Labute approximate surface area is 252 Å². The lowest BCUT2D eigenvalue weighted by Gasteiger charge is -2.29. The molecule has 1 rings (SSSR count). The number of primary amides is 1. The molecule has 10 nitrogen and oxygen atoms in total. The SMILES string of the molecule is CC[C@H](C)[C@H](NC(=O)[C@H](CC(C)C)NC(=O)[C@H](C)NC(=O)CCSC)C(=O)N[C@@H](CSCc1ccccc1)C(N)=O. The molecule has 1 aromatic carbocycles. The van der Waals surface area contributed by atoms with Gasteiger partial charge in [-0.15, -0.1) is 0 Å². The fourth-order valence-corrected chi connectivity index (χ4v) is 5.27. The molecule has 12 heteroatoms. The van der Waals surface area contributed by atoms with E-state index in [0.29, 0.717) is 24.3 Å². The van der Waals surface area contributed by atoms with Crippen molar-refractivity contribution in [1.82, 2.24) is 21.3 Å². The Hall–Kier alpha value is -2.73. The maximum Gasteiger partial charge on any atom is 0.243 e. The molecule has 0 unspecified atom stereocenters. The van der Waals surface area contributed by atoms with Gasteiger partial charge in [-0.1, -0.05) is 64.4 Å². The van der Waals surface area contributed by atoms with E-state index in [4.69, 9.17) is 5.73 Å². The summed E-state index contributed by atoms with van der Waals surface area (Å²) in [5.41, 5.74) is 6.68. The third kappa shape index (κ3) is 14.1. The highest BCUT2D eigenvalue weighted by Gasteiger charge is 2.32. The zero-order chi connectivity index (χ0) is 30.9. The number of nitrogens with one attached hydrogen (secondary N) is 4. The van der Waals surface area contributed by atoms with Crippen molar-refractivity contribution in [3.05, 3.63) is 35.9 Å². The lowest BCUT2D eigenvalue weighted by Crippen LogP contribution is -2.59. The average Bonchev–Trinajstić information content (AvgIpc) is 2.93. The van der Waals surface area contributed by atoms with Crippen LogP contribution in [0.4, 0.5) is 0 Å². The first kappa shape index (κ1) is 36.3. The number of hydrogen-bond acceptors (Lipinski definition) is 7. The molecule has 0 heterocycles. The third-order valence-electron chi connectivity index (χ3n) is 6.49. The lowest BCUT2D eigenvalue weighted by molar-refractivity contribution is -0.135. The smallest absolute Gasteiger partial charge is 0.243 e. The van der Waals surface area contributed by atoms with Crippen LogP contribution in [0.2, 0.25) is 0 Å². The van der Waals surface area contributed by atoms with Gasteiger partial charge in [-0.2, -0.15) is 23.5 Å². The summed E-state index contributed by atoms with van der Waals surface area (Å²) < 4.78 is 0. The summed E-state index contributed by atoms with van der Waals surface area (Å²) in [6.45, 7) is 9.13. The monoisotopic (exact) mass is 609 g/mol. The minimum Gasteiger partial charge on any atom is -0.368 e. The Balaban J connectivity index is 2.91. The maximum absolute atomic E-state index is 13.4. The highest BCUT2D eigenvalue weighted by atomic mass is 32.2. The minimum atomic E-state index is -0.941. The fraction of sp³-hybridized carbons (Fsp3) is 0.621. The molecular formula is C29H47N5O5S2. The molecule has 41 heavy (non-hydrogen) atoms. The summed E-state index contributed by atoms with van der Waals surface area (Å²) in [5.74, 6) is -1.04. The molecule has 0 spiro atoms. The average molecular weight is 610 g/mol. The molecule has 230 valence electrons. The van der Waals surface area contributed by atoms with Gasteiger partial charge in [0.15, 0.2) is 0 Å². The molecule has 0 saturated carbocycles. The van der Waals surface area contributed by atoms with Crippen molar-refractivity contribution in [2.45, 2.75) is 83.8 Å². The topological polar surface area (TPSA) is 159 Å². The first-order chi connectivity index (χ1) is 19.4. The van der Waals surface area contributed by atoms with Gasteiger partial charge in [0.2, 0.25) is 29.5 Å². The van der Waals surface area contributed by atoms with Crippen molar-refractivity contribution < 1.29 is 24.0 Å². The van der Waals surface area contributed by atoms with Crippen LogP contribution in [0.25, 0.3) is 0 Å². The quantitative estimate of drug-likeness (QED) is 0.161. The highest BCUT2D eigenvalue weighted by Crippen LogP contribution is 2.15. The van der Waals surface area contributed by atoms with Crippen molar-refractivity contribution in [3.8, 4) is 0 Å². The predicted octanol–water partition coefficient (Wildman–Crippen LogP) is 2.21. The molecule has 0 fully saturated rings. The molecule has 0 saturated heterocycles. The van der Waals surface area contributed by atoms with Crippen LogP contribution in [0.1, 0.15) is 59.4 Å². The van der Waals surface area contributed by atoms with E-state index in [2.05, 4.69) is 21.3 Å². The molecule has 0 bridgehead atoms. The van der Waals surface area contributed by atoms with Crippen LogP contribution >= 0.6 is 23.5 Å². The number of rotatable bonds is 19. The summed E-state index contributed by atoms with van der Waals surface area (Å²) in [6.07, 6.45) is 3.10. The van der Waals surface area contributed by atoms with Crippen molar-refractivity contribution in [2.24, 2.45) is 17.6 Å². The van der Waals surface area contributed by atoms with E-state index in [9.17, 15) is 24.0 Å². The van der Waals surface area contributed by atoms with E-state index < -0.39 is 47.8 Å². The Morgan fingerprint density at radius 1 is 0.854 bits per heavy atom. The summed E-state index contributed by atoms with van der Waals surface area (Å²) in [4.78, 5) is 63.8. The fourth-order valence-electron chi connectivity index (χ4n) is 3.85. The predicted molar refractivity (Wildman–Crippen MR) is 167 cm³/mol. The van der Waals surface area contributed by atoms with Crippen LogP contribution in [-0.2, 0) is 29.7 Å². The van der Waals surface area contributed by atoms with Gasteiger partial charge in [0, 0.05) is 23.7 Å². The van der Waals surface area contributed by atoms with E-state index in [-0.39, 0.29) is 29.9 Å². The molecular weight excluding hydrogens is 562 g/mol. The van der Waals surface area contributed by atoms with Crippen LogP contribution in [0.15, 0.2) is 30.3 Å². The normalized spacial score (nSPS) is 14.7. The molecule has 0 aliphatic heterocycles. The molecule has 0 aromatic heterocycles. The number of nitrogens with two attached hydrogens (primary N) is 1. The molecule has 6 N–H and O–H groups in total. The summed E-state index contributed by atoms with van der Waals surface area (Å²) in [7, 11) is 0. The minimum absolute atomic E-state index is 0.0642. The van der Waals surface area contributed by atoms with Gasteiger partial charge in [-0.05, 0) is 37.0 Å². The van der Waals surface area contributed by atoms with E-state index >= 15 is 0 Å². The van der Waals surface area contributed by atoms with Crippen molar-refractivity contribution in [3.63, 3.8) is 0 Å². The Morgan fingerprint density at radius 3 is 2.05 bits per heavy atom. The molecule has 0 radical (unpaired) electrons. The second-order valence-corrected chi connectivity index (χ2v) is 12.6. The van der Waals surface area contributed by atoms with E-state index in [1.165, 1.54) is 23.5 Å². The first-order valence-electron chi connectivity index (χ1n) is 14.0. The zero-order valence-electron chi connectivity index (χ0n) is 25.0. The lowest BCUT2D eigenvalue weighted by atomic mass is 9.96. The van der Waals surface area contributed by atoms with E-state index in [0.717, 1.165) is 5.56 Å². The van der Waals surface area contributed by atoms with Gasteiger partial charge in [0.1, 0.15) is 24.2 Å². The van der Waals surface area contributed by atoms with Crippen molar-refractivity contribution in [2.75, 3.05) is 17.8 Å². The van der Waals surface area contributed by atoms with Gasteiger partial charge >= 0.3 is 0 Å². The molecule has 1 aromatic rings. The second kappa shape index (κ2) is 19.4. The highest BCUT2D eigenvalue weighted by molar-refractivity contribution is 7.98. The van der Waals surface area contributed by atoms with E-state index in [1.54, 1.807) is 6.92 Å².